The van der Waals surface area contributed by atoms with Crippen LogP contribution in [0.15, 0.2) is 0 Å². The van der Waals surface area contributed by atoms with Crippen LogP contribution in [0.1, 0.15) is 0 Å². The van der Waals surface area contributed by atoms with Crippen molar-refractivity contribution >= 4 is 15.4 Å². The molecule has 7 nitrogen and oxygen atoms in total. The second kappa shape index (κ2) is 7.00. The summed E-state index contributed by atoms with van der Waals surface area (Å²) < 4.78 is 31.7. The number of aliphatic hydroxyl groups is 1. The summed E-state index contributed by atoms with van der Waals surface area (Å²) in [6.45, 7) is 1.28. The van der Waals surface area contributed by atoms with Gasteiger partial charge in [-0.15, -0.1) is 0 Å². The Morgan fingerprint density at radius 3 is 2.56 bits per heavy atom. The van der Waals surface area contributed by atoms with Crippen molar-refractivity contribution in [2.75, 3.05) is 33.6 Å². The van der Waals surface area contributed by atoms with Crippen LogP contribution in [0.2, 0.25) is 0 Å². The maximum atomic E-state index is 11.3. The zero-order chi connectivity index (χ0) is 13.8. The fourth-order valence-electron chi connectivity index (χ4n) is 1.71. The van der Waals surface area contributed by atoms with Crippen LogP contribution >= 0.6 is 7.60 Å². The van der Waals surface area contributed by atoms with Crippen molar-refractivity contribution in [1.29, 1.82) is 0 Å². The van der Waals surface area contributed by atoms with Crippen LogP contribution in [0.5, 0.6) is 0 Å². The lowest BCUT2D eigenvalue weighted by molar-refractivity contribution is -0.0341. The second-order valence-electron chi connectivity index (χ2n) is 4.02. The van der Waals surface area contributed by atoms with Gasteiger partial charge >= 0.3 is 7.60 Å². The Hall–Kier alpha value is 0.0549. The van der Waals surface area contributed by atoms with E-state index in [0.29, 0.717) is 6.61 Å². The molecule has 0 amide bonds. The lowest BCUT2D eigenvalue weighted by Gasteiger charge is -2.24. The molecule has 0 aromatic carbocycles. The maximum Gasteiger partial charge on any atom is 0.325 e. The smallest absolute Gasteiger partial charge is 0.325 e. The summed E-state index contributed by atoms with van der Waals surface area (Å²) in [6, 6.07) is -0.824. The minimum Gasteiger partial charge on any atom is -0.394 e. The van der Waals surface area contributed by atoms with E-state index in [2.05, 4.69) is 0 Å². The topological polar surface area (TPSA) is 94.5 Å². The van der Waals surface area contributed by atoms with Crippen molar-refractivity contribution in [3.63, 3.8) is 0 Å². The van der Waals surface area contributed by atoms with E-state index in [1.165, 1.54) is 7.11 Å². The van der Waals surface area contributed by atoms with Crippen molar-refractivity contribution in [2.45, 2.75) is 24.3 Å². The fourth-order valence-corrected chi connectivity index (χ4v) is 2.42. The molecular formula is C9H18BO7P. The molecule has 0 saturated carbocycles. The molecule has 5 atom stereocenters. The van der Waals surface area contributed by atoms with E-state index >= 15 is 0 Å². The predicted octanol–water partition coefficient (Wildman–Crippen LogP) is -0.896. The third-order valence-electron chi connectivity index (χ3n) is 2.44. The second-order valence-corrected chi connectivity index (χ2v) is 5.84. The van der Waals surface area contributed by atoms with Gasteiger partial charge in [-0.05, 0) is 0 Å². The summed E-state index contributed by atoms with van der Waals surface area (Å²) in [6.07, 6.45) is -2.40. The van der Waals surface area contributed by atoms with E-state index in [-0.39, 0.29) is 13.2 Å². The molecule has 18 heavy (non-hydrogen) atoms. The predicted molar refractivity (Wildman–Crippen MR) is 63.7 cm³/mol. The van der Waals surface area contributed by atoms with Crippen LogP contribution in [-0.4, -0.2) is 75.8 Å². The van der Waals surface area contributed by atoms with Gasteiger partial charge in [-0.2, -0.15) is 0 Å². The summed E-state index contributed by atoms with van der Waals surface area (Å²) in [5.74, 6) is 0. The highest BCUT2D eigenvalue weighted by Gasteiger charge is 2.45. The monoisotopic (exact) mass is 280 g/mol. The van der Waals surface area contributed by atoms with E-state index in [4.69, 9.17) is 31.7 Å². The van der Waals surface area contributed by atoms with E-state index in [1.807, 2.05) is 0 Å². The standard InChI is InChI=1S/C9H18BO7P/c1-14-3-4-15-8-7(17-18(2,12)13)6(5-11)16-9(8)10/h6-9,11H,3-5H2,1-2H3,(H,12,13)/t6-,7?,8?,9-/m1/s1. The van der Waals surface area contributed by atoms with Crippen molar-refractivity contribution in [2.24, 2.45) is 0 Å². The Balaban J connectivity index is 2.67. The van der Waals surface area contributed by atoms with E-state index < -0.39 is 31.9 Å². The molecule has 1 aliphatic rings. The first-order valence-electron chi connectivity index (χ1n) is 5.50. The molecule has 0 bridgehead atoms. The van der Waals surface area contributed by atoms with E-state index in [9.17, 15) is 9.46 Å². The zero-order valence-electron chi connectivity index (χ0n) is 10.4. The van der Waals surface area contributed by atoms with E-state index in [0.717, 1.165) is 6.66 Å². The van der Waals surface area contributed by atoms with Gasteiger partial charge in [-0.1, -0.05) is 0 Å². The average Bonchev–Trinajstić information content (AvgIpc) is 2.54. The van der Waals surface area contributed by atoms with Gasteiger partial charge in [-0.3, -0.25) is 9.09 Å². The molecule has 2 N–H and O–H groups in total. The van der Waals surface area contributed by atoms with Crippen LogP contribution in [0.4, 0.5) is 0 Å². The summed E-state index contributed by atoms with van der Waals surface area (Å²) in [4.78, 5) is 9.24. The molecule has 1 saturated heterocycles. The van der Waals surface area contributed by atoms with Crippen LogP contribution in [0.3, 0.4) is 0 Å². The van der Waals surface area contributed by atoms with Crippen molar-refractivity contribution in [3.05, 3.63) is 0 Å². The van der Waals surface area contributed by atoms with Crippen molar-refractivity contribution in [3.8, 4) is 0 Å². The molecule has 104 valence electrons. The quantitative estimate of drug-likeness (QED) is 0.354. The summed E-state index contributed by atoms with van der Waals surface area (Å²) >= 11 is 0. The Bertz CT molecular complexity index is 297. The van der Waals surface area contributed by atoms with Gasteiger partial charge in [0.1, 0.15) is 26.2 Å². The summed E-state index contributed by atoms with van der Waals surface area (Å²) in [5.41, 5.74) is 0. The molecule has 1 heterocycles. The molecule has 1 rings (SSSR count). The Labute approximate surface area is 107 Å². The summed E-state index contributed by atoms with van der Waals surface area (Å²) in [5, 5.41) is 9.13. The minimum atomic E-state index is -3.73. The lowest BCUT2D eigenvalue weighted by atomic mass is 9.93. The van der Waals surface area contributed by atoms with Gasteiger partial charge in [0.2, 0.25) is 0 Å². The van der Waals surface area contributed by atoms with Gasteiger partial charge < -0.3 is 24.2 Å². The normalized spacial score (nSPS) is 35.6. The maximum absolute atomic E-state index is 11.3. The number of rotatable bonds is 7. The summed E-state index contributed by atoms with van der Waals surface area (Å²) in [7, 11) is 3.48. The van der Waals surface area contributed by atoms with Crippen LogP contribution in [0.25, 0.3) is 0 Å². The molecule has 0 aliphatic carbocycles. The first-order chi connectivity index (χ1) is 8.39. The van der Waals surface area contributed by atoms with Gasteiger partial charge in [-0.25, -0.2) is 0 Å². The molecule has 0 aromatic heterocycles. The van der Waals surface area contributed by atoms with Gasteiger partial charge in [0.25, 0.3) is 0 Å². The van der Waals surface area contributed by atoms with Crippen LogP contribution < -0.4 is 0 Å². The molecule has 0 aromatic rings. The van der Waals surface area contributed by atoms with Gasteiger partial charge in [0.05, 0.1) is 19.8 Å². The number of methoxy groups -OCH3 is 1. The number of aliphatic hydroxyl groups excluding tert-OH is 1. The molecule has 0 spiro atoms. The Morgan fingerprint density at radius 2 is 2.06 bits per heavy atom. The SMILES string of the molecule is [B][C@@H]1O[C@H](CO)C(OP(C)(=O)O)C1OCCOC. The molecule has 9 heteroatoms. The third-order valence-corrected chi connectivity index (χ3v) is 3.08. The zero-order valence-corrected chi connectivity index (χ0v) is 11.3. The van der Waals surface area contributed by atoms with Crippen molar-refractivity contribution < 1.29 is 33.3 Å². The first-order valence-corrected chi connectivity index (χ1v) is 7.52. The number of hydrogen-bond acceptors (Lipinski definition) is 6. The van der Waals surface area contributed by atoms with E-state index in [1.54, 1.807) is 0 Å². The van der Waals surface area contributed by atoms with Gasteiger partial charge in [0, 0.05) is 19.8 Å². The Kier molecular flexibility index (Phi) is 6.27. The van der Waals surface area contributed by atoms with Crippen LogP contribution in [0, 0.1) is 0 Å². The minimum absolute atomic E-state index is 0.246. The number of ether oxygens (including phenoxy) is 3. The highest BCUT2D eigenvalue weighted by molar-refractivity contribution is 7.51. The van der Waals surface area contributed by atoms with Crippen LogP contribution in [-0.2, 0) is 23.3 Å². The highest BCUT2D eigenvalue weighted by Crippen LogP contribution is 2.42. The molecule has 1 fully saturated rings. The fraction of sp³-hybridized carbons (Fsp3) is 1.00. The molecular weight excluding hydrogens is 262 g/mol. The first kappa shape index (κ1) is 16.1. The largest absolute Gasteiger partial charge is 0.394 e. The average molecular weight is 280 g/mol. The Morgan fingerprint density at radius 1 is 1.39 bits per heavy atom. The van der Waals surface area contributed by atoms with Gasteiger partial charge in [0.15, 0.2) is 0 Å². The lowest BCUT2D eigenvalue weighted by Crippen LogP contribution is -2.38. The highest BCUT2D eigenvalue weighted by atomic mass is 31.2. The molecule has 2 radical (unpaired) electrons. The molecule has 3 unspecified atom stereocenters. The van der Waals surface area contributed by atoms with Crippen molar-refractivity contribution in [1.82, 2.24) is 0 Å². The third kappa shape index (κ3) is 4.62. The number of hydrogen-bond donors (Lipinski definition) is 2. The molecule has 1 aliphatic heterocycles.